The van der Waals surface area contributed by atoms with Gasteiger partial charge in [-0.15, -0.1) is 0 Å². The summed E-state index contributed by atoms with van der Waals surface area (Å²) in [4.78, 5) is 4.54. The van der Waals surface area contributed by atoms with Gasteiger partial charge < -0.3 is 14.8 Å². The second-order valence-corrected chi connectivity index (χ2v) is 7.01. The molecule has 1 aliphatic rings. The highest BCUT2D eigenvalue weighted by atomic mass is 16.5. The van der Waals surface area contributed by atoms with Crippen molar-refractivity contribution in [3.05, 3.63) is 96.1 Å². The van der Waals surface area contributed by atoms with Crippen molar-refractivity contribution in [2.75, 3.05) is 19.7 Å². The van der Waals surface area contributed by atoms with Gasteiger partial charge in [0.25, 0.3) is 0 Å². The molecule has 4 heteroatoms. The summed E-state index contributed by atoms with van der Waals surface area (Å²) in [5, 5.41) is 3.35. The van der Waals surface area contributed by atoms with Gasteiger partial charge in [0, 0.05) is 19.4 Å². The normalized spacial score (nSPS) is 14.0. The number of para-hydroxylation sites is 2. The standard InChI is InChI=1S/C25H26N2O2/c1-3-9-20(10-4-1)15-18-28-22-13-7-8-14-23(22)29-24(19-25-26-16-17-27-25)21-11-5-2-6-12-21/h1-14,24H,15-19H2,(H,26,27). The summed E-state index contributed by atoms with van der Waals surface area (Å²) >= 11 is 0. The highest BCUT2D eigenvalue weighted by molar-refractivity contribution is 5.84. The lowest BCUT2D eigenvalue weighted by molar-refractivity contribution is 0.198. The molecule has 0 fully saturated rings. The first-order chi connectivity index (χ1) is 14.4. The molecule has 1 heterocycles. The Labute approximate surface area is 172 Å². The summed E-state index contributed by atoms with van der Waals surface area (Å²) in [7, 11) is 0. The average Bonchev–Trinajstić information content (AvgIpc) is 3.29. The molecule has 0 saturated heterocycles. The fourth-order valence-corrected chi connectivity index (χ4v) is 3.40. The van der Waals surface area contributed by atoms with Crippen LogP contribution in [0.3, 0.4) is 0 Å². The third-order valence-electron chi connectivity index (χ3n) is 4.90. The van der Waals surface area contributed by atoms with Gasteiger partial charge in [-0.3, -0.25) is 4.99 Å². The monoisotopic (exact) mass is 386 g/mol. The van der Waals surface area contributed by atoms with Gasteiger partial charge >= 0.3 is 0 Å². The smallest absolute Gasteiger partial charge is 0.162 e. The third-order valence-corrected chi connectivity index (χ3v) is 4.90. The number of rotatable bonds is 9. The molecule has 0 bridgehead atoms. The molecule has 1 atom stereocenters. The maximum atomic E-state index is 6.45. The number of benzene rings is 3. The van der Waals surface area contributed by atoms with E-state index in [2.05, 4.69) is 46.7 Å². The molecular formula is C25H26N2O2. The highest BCUT2D eigenvalue weighted by Gasteiger charge is 2.20. The number of hydrogen-bond acceptors (Lipinski definition) is 4. The van der Waals surface area contributed by atoms with Crippen molar-refractivity contribution >= 4 is 5.84 Å². The van der Waals surface area contributed by atoms with Crippen molar-refractivity contribution in [3.63, 3.8) is 0 Å². The van der Waals surface area contributed by atoms with E-state index in [1.54, 1.807) is 0 Å². The van der Waals surface area contributed by atoms with E-state index < -0.39 is 0 Å². The lowest BCUT2D eigenvalue weighted by atomic mass is 10.1. The summed E-state index contributed by atoms with van der Waals surface area (Å²) in [5.74, 6) is 2.53. The zero-order valence-electron chi connectivity index (χ0n) is 16.5. The highest BCUT2D eigenvalue weighted by Crippen LogP contribution is 2.32. The number of ether oxygens (including phenoxy) is 2. The Kier molecular flexibility index (Phi) is 6.43. The Balaban J connectivity index is 1.47. The van der Waals surface area contributed by atoms with Crippen LogP contribution in [0.5, 0.6) is 11.5 Å². The summed E-state index contributed by atoms with van der Waals surface area (Å²) in [6.45, 7) is 2.33. The molecular weight excluding hydrogens is 360 g/mol. The molecule has 148 valence electrons. The van der Waals surface area contributed by atoms with Crippen LogP contribution in [0.4, 0.5) is 0 Å². The topological polar surface area (TPSA) is 42.9 Å². The van der Waals surface area contributed by atoms with Crippen molar-refractivity contribution < 1.29 is 9.47 Å². The first-order valence-corrected chi connectivity index (χ1v) is 10.1. The van der Waals surface area contributed by atoms with Crippen LogP contribution in [0.25, 0.3) is 0 Å². The maximum Gasteiger partial charge on any atom is 0.162 e. The number of hydrogen-bond donors (Lipinski definition) is 1. The molecule has 1 aliphatic heterocycles. The zero-order valence-corrected chi connectivity index (χ0v) is 16.5. The average molecular weight is 386 g/mol. The molecule has 3 aromatic rings. The number of nitrogens with one attached hydrogen (secondary N) is 1. The van der Waals surface area contributed by atoms with E-state index >= 15 is 0 Å². The quantitative estimate of drug-likeness (QED) is 0.573. The Bertz CT molecular complexity index is 926. The second kappa shape index (κ2) is 9.78. The molecule has 29 heavy (non-hydrogen) atoms. The predicted molar refractivity (Wildman–Crippen MR) is 117 cm³/mol. The second-order valence-electron chi connectivity index (χ2n) is 7.01. The summed E-state index contributed by atoms with van der Waals surface area (Å²) in [5.41, 5.74) is 2.39. The van der Waals surface area contributed by atoms with E-state index in [-0.39, 0.29) is 6.10 Å². The van der Waals surface area contributed by atoms with E-state index in [1.807, 2.05) is 48.5 Å². The van der Waals surface area contributed by atoms with E-state index in [4.69, 9.17) is 9.47 Å². The third kappa shape index (κ3) is 5.38. The van der Waals surface area contributed by atoms with Crippen LogP contribution in [0.15, 0.2) is 89.9 Å². The van der Waals surface area contributed by atoms with Crippen molar-refractivity contribution in [1.29, 1.82) is 0 Å². The van der Waals surface area contributed by atoms with Crippen molar-refractivity contribution in [3.8, 4) is 11.5 Å². The van der Waals surface area contributed by atoms with Crippen molar-refractivity contribution in [2.24, 2.45) is 4.99 Å². The first-order valence-electron chi connectivity index (χ1n) is 10.1. The molecule has 0 amide bonds. The van der Waals surface area contributed by atoms with Crippen molar-refractivity contribution in [2.45, 2.75) is 18.9 Å². The van der Waals surface area contributed by atoms with Gasteiger partial charge in [0.15, 0.2) is 11.5 Å². The molecule has 1 N–H and O–H groups in total. The Morgan fingerprint density at radius 3 is 2.24 bits per heavy atom. The molecule has 4 rings (SSSR count). The van der Waals surface area contributed by atoms with E-state index in [0.717, 1.165) is 42.4 Å². The molecule has 0 radical (unpaired) electrons. The molecule has 4 nitrogen and oxygen atoms in total. The van der Waals surface area contributed by atoms with E-state index in [9.17, 15) is 0 Å². The number of aliphatic imine (C=N–C) groups is 1. The SMILES string of the molecule is c1ccc(CCOc2ccccc2OC(CC2=NCCN2)c2ccccc2)cc1. The maximum absolute atomic E-state index is 6.45. The Hall–Kier alpha value is -3.27. The van der Waals surface area contributed by atoms with Crippen LogP contribution in [-0.2, 0) is 6.42 Å². The lowest BCUT2D eigenvalue weighted by Crippen LogP contribution is -2.23. The van der Waals surface area contributed by atoms with Crippen LogP contribution in [0.1, 0.15) is 23.7 Å². The minimum Gasteiger partial charge on any atom is -0.489 e. The zero-order chi connectivity index (χ0) is 19.7. The molecule has 3 aromatic carbocycles. The van der Waals surface area contributed by atoms with Gasteiger partial charge in [-0.1, -0.05) is 72.8 Å². The molecule has 0 aromatic heterocycles. The fourth-order valence-electron chi connectivity index (χ4n) is 3.40. The first kappa shape index (κ1) is 19.1. The predicted octanol–water partition coefficient (Wildman–Crippen LogP) is 4.82. The van der Waals surface area contributed by atoms with Gasteiger partial charge in [-0.25, -0.2) is 0 Å². The number of amidine groups is 1. The fraction of sp³-hybridized carbons (Fsp3) is 0.240. The van der Waals surface area contributed by atoms with Crippen molar-refractivity contribution in [1.82, 2.24) is 5.32 Å². The Morgan fingerprint density at radius 1 is 0.828 bits per heavy atom. The molecule has 0 aliphatic carbocycles. The largest absolute Gasteiger partial charge is 0.489 e. The Morgan fingerprint density at radius 2 is 1.52 bits per heavy atom. The van der Waals surface area contributed by atoms with Crippen LogP contribution >= 0.6 is 0 Å². The van der Waals surface area contributed by atoms with Gasteiger partial charge in [-0.05, 0) is 23.3 Å². The minimum absolute atomic E-state index is 0.126. The van der Waals surface area contributed by atoms with E-state index in [0.29, 0.717) is 13.0 Å². The van der Waals surface area contributed by atoms with Gasteiger partial charge in [0.05, 0.1) is 13.2 Å². The lowest BCUT2D eigenvalue weighted by Gasteiger charge is -2.21. The van der Waals surface area contributed by atoms with Crippen LogP contribution in [-0.4, -0.2) is 25.5 Å². The summed E-state index contributed by atoms with van der Waals surface area (Å²) in [6.07, 6.45) is 1.44. The molecule has 0 saturated carbocycles. The van der Waals surface area contributed by atoms with Crippen LogP contribution in [0, 0.1) is 0 Å². The van der Waals surface area contributed by atoms with Gasteiger partial charge in [0.1, 0.15) is 11.9 Å². The summed E-state index contributed by atoms with van der Waals surface area (Å²) < 4.78 is 12.5. The molecule has 1 unspecified atom stereocenters. The van der Waals surface area contributed by atoms with Crippen LogP contribution in [0.2, 0.25) is 0 Å². The number of nitrogens with zero attached hydrogens (tertiary/aromatic N) is 1. The van der Waals surface area contributed by atoms with E-state index in [1.165, 1.54) is 5.56 Å². The minimum atomic E-state index is -0.126. The van der Waals surface area contributed by atoms with Gasteiger partial charge in [-0.2, -0.15) is 0 Å². The summed E-state index contributed by atoms with van der Waals surface area (Å²) in [6, 6.07) is 28.6. The van der Waals surface area contributed by atoms with Gasteiger partial charge in [0.2, 0.25) is 0 Å². The van der Waals surface area contributed by atoms with Crippen LogP contribution < -0.4 is 14.8 Å². The molecule has 0 spiro atoms.